The zero-order valence-corrected chi connectivity index (χ0v) is 17.2. The molecule has 0 spiro atoms. The highest BCUT2D eigenvalue weighted by atomic mass is 16.6. The molecule has 2 atom stereocenters. The van der Waals surface area contributed by atoms with E-state index >= 15 is 0 Å². The Morgan fingerprint density at radius 3 is 2.39 bits per heavy atom. The third-order valence-electron chi connectivity index (χ3n) is 4.38. The molecule has 28 heavy (non-hydrogen) atoms. The SMILES string of the molecule is COC(=O)C(C(CCCNCCCN)N(CCCNB(C)O)B(C)O)[N+](=O)[O-]. The molecule has 0 aromatic carbocycles. The van der Waals surface area contributed by atoms with E-state index in [0.29, 0.717) is 45.4 Å². The molecule has 0 saturated heterocycles. The first-order valence-electron chi connectivity index (χ1n) is 9.73. The maximum Gasteiger partial charge on any atom is 0.383 e. The molecule has 0 aliphatic rings. The molecule has 162 valence electrons. The Morgan fingerprint density at radius 1 is 1.25 bits per heavy atom. The zero-order chi connectivity index (χ0) is 21.5. The average molecular weight is 403 g/mol. The van der Waals surface area contributed by atoms with Gasteiger partial charge in [0.25, 0.3) is 0 Å². The molecule has 0 aromatic rings. The highest BCUT2D eigenvalue weighted by Gasteiger charge is 2.44. The van der Waals surface area contributed by atoms with Crippen LogP contribution >= 0.6 is 0 Å². The fourth-order valence-electron chi connectivity index (χ4n) is 3.00. The fourth-order valence-corrected chi connectivity index (χ4v) is 3.00. The summed E-state index contributed by atoms with van der Waals surface area (Å²) >= 11 is 0. The van der Waals surface area contributed by atoms with Crippen molar-refractivity contribution >= 4 is 20.1 Å². The summed E-state index contributed by atoms with van der Waals surface area (Å²) in [4.78, 5) is 24.5. The molecule has 0 saturated carbocycles. The summed E-state index contributed by atoms with van der Waals surface area (Å²) < 4.78 is 4.64. The number of nitrogens with one attached hydrogen (secondary N) is 2. The Bertz CT molecular complexity index is 447. The van der Waals surface area contributed by atoms with Crippen molar-refractivity contribution in [1.29, 1.82) is 0 Å². The van der Waals surface area contributed by atoms with Crippen LogP contribution in [0.1, 0.15) is 25.7 Å². The van der Waals surface area contributed by atoms with Crippen LogP contribution in [0, 0.1) is 10.1 Å². The van der Waals surface area contributed by atoms with Crippen LogP contribution in [-0.4, -0.2) is 91.8 Å². The molecule has 0 rings (SSSR count). The number of hydrogen-bond donors (Lipinski definition) is 5. The van der Waals surface area contributed by atoms with E-state index in [-0.39, 0.29) is 0 Å². The molecule has 11 nitrogen and oxygen atoms in total. The Morgan fingerprint density at radius 2 is 1.89 bits per heavy atom. The number of nitrogens with two attached hydrogens (primary N) is 1. The molecule has 0 bridgehead atoms. The Balaban J connectivity index is 5.15. The van der Waals surface area contributed by atoms with Gasteiger partial charge in [0.15, 0.2) is 0 Å². The molecule has 13 heteroatoms. The Hall–Kier alpha value is -1.24. The van der Waals surface area contributed by atoms with Crippen LogP contribution in [-0.2, 0) is 9.53 Å². The van der Waals surface area contributed by atoms with Gasteiger partial charge in [0.05, 0.1) is 13.2 Å². The van der Waals surface area contributed by atoms with Gasteiger partial charge in [-0.1, -0.05) is 0 Å². The van der Waals surface area contributed by atoms with E-state index in [1.165, 1.54) is 6.82 Å². The smallest absolute Gasteiger partial charge is 0.383 e. The number of rotatable bonds is 17. The van der Waals surface area contributed by atoms with E-state index in [4.69, 9.17) is 5.73 Å². The first-order valence-corrected chi connectivity index (χ1v) is 9.73. The summed E-state index contributed by atoms with van der Waals surface area (Å²) in [6.07, 6.45) is 2.29. The van der Waals surface area contributed by atoms with Gasteiger partial charge in [0, 0.05) is 4.92 Å². The van der Waals surface area contributed by atoms with Crippen LogP contribution in [0.4, 0.5) is 0 Å². The van der Waals surface area contributed by atoms with Crippen molar-refractivity contribution in [3.63, 3.8) is 0 Å². The van der Waals surface area contributed by atoms with Crippen LogP contribution < -0.4 is 16.3 Å². The van der Waals surface area contributed by atoms with Crippen molar-refractivity contribution in [2.24, 2.45) is 5.73 Å². The van der Waals surface area contributed by atoms with Gasteiger partial charge in [-0.25, -0.2) is 4.79 Å². The van der Waals surface area contributed by atoms with Crippen molar-refractivity contribution in [2.75, 3.05) is 39.8 Å². The molecule has 2 unspecified atom stereocenters. The van der Waals surface area contributed by atoms with Crippen LogP contribution in [0.3, 0.4) is 0 Å². The molecule has 0 fully saturated rings. The van der Waals surface area contributed by atoms with Crippen molar-refractivity contribution in [3.8, 4) is 0 Å². The quantitative estimate of drug-likeness (QED) is 0.0628. The van der Waals surface area contributed by atoms with E-state index in [2.05, 4.69) is 15.3 Å². The lowest BCUT2D eigenvalue weighted by Gasteiger charge is -2.33. The van der Waals surface area contributed by atoms with Crippen LogP contribution in [0.25, 0.3) is 0 Å². The topological polar surface area (TPSA) is 163 Å². The third kappa shape index (κ3) is 10.9. The van der Waals surface area contributed by atoms with Gasteiger partial charge in [-0.15, -0.1) is 0 Å². The molecule has 0 heterocycles. The van der Waals surface area contributed by atoms with Crippen molar-refractivity contribution in [2.45, 2.75) is 51.4 Å². The predicted molar refractivity (Wildman–Crippen MR) is 109 cm³/mol. The van der Waals surface area contributed by atoms with Crippen molar-refractivity contribution < 1.29 is 24.5 Å². The highest BCUT2D eigenvalue weighted by Crippen LogP contribution is 2.17. The summed E-state index contributed by atoms with van der Waals surface area (Å²) in [6, 6.07) is -2.40. The van der Waals surface area contributed by atoms with E-state index in [9.17, 15) is 25.0 Å². The number of methoxy groups -OCH3 is 1. The number of ether oxygens (including phenoxy) is 1. The molecule has 0 aliphatic heterocycles. The largest absolute Gasteiger partial charge is 0.464 e. The maximum atomic E-state index is 12.1. The van der Waals surface area contributed by atoms with Crippen LogP contribution in [0.15, 0.2) is 0 Å². The van der Waals surface area contributed by atoms with Gasteiger partial charge in [-0.3, -0.25) is 10.1 Å². The number of nitrogens with zero attached hydrogens (tertiary/aromatic N) is 2. The minimum atomic E-state index is -1.59. The second kappa shape index (κ2) is 15.7. The lowest BCUT2D eigenvalue weighted by Crippen LogP contribution is -2.56. The number of hydrogen-bond acceptors (Lipinski definition) is 10. The summed E-state index contributed by atoms with van der Waals surface area (Å²) in [7, 11) is -0.533. The molecule has 0 radical (unpaired) electrons. The summed E-state index contributed by atoms with van der Waals surface area (Å²) in [5, 5.41) is 37.1. The minimum Gasteiger partial charge on any atom is -0.464 e. The molecule has 0 amide bonds. The van der Waals surface area contributed by atoms with Crippen molar-refractivity contribution in [3.05, 3.63) is 10.1 Å². The maximum absolute atomic E-state index is 12.1. The second-order valence-corrected chi connectivity index (χ2v) is 6.71. The van der Waals surface area contributed by atoms with Gasteiger partial charge in [-0.05, 0) is 72.1 Å². The number of carbonyl (C=O) groups is 1. The minimum absolute atomic E-state index is 0.323. The van der Waals surface area contributed by atoms with Crippen molar-refractivity contribution in [1.82, 2.24) is 15.4 Å². The monoisotopic (exact) mass is 403 g/mol. The van der Waals surface area contributed by atoms with E-state index < -0.39 is 37.1 Å². The summed E-state index contributed by atoms with van der Waals surface area (Å²) in [5.74, 6) is -0.932. The second-order valence-electron chi connectivity index (χ2n) is 6.71. The van der Waals surface area contributed by atoms with E-state index in [1.54, 1.807) is 11.6 Å². The summed E-state index contributed by atoms with van der Waals surface area (Å²) in [5.41, 5.74) is 5.44. The van der Waals surface area contributed by atoms with E-state index in [0.717, 1.165) is 20.1 Å². The first kappa shape index (κ1) is 26.8. The van der Waals surface area contributed by atoms with E-state index in [1.807, 2.05) is 0 Å². The van der Waals surface area contributed by atoms with Crippen LogP contribution in [0.2, 0.25) is 13.6 Å². The lowest BCUT2D eigenvalue weighted by atomic mass is 9.80. The molecule has 0 aromatic heterocycles. The number of esters is 1. The fraction of sp³-hybridized carbons (Fsp3) is 0.933. The third-order valence-corrected chi connectivity index (χ3v) is 4.38. The zero-order valence-electron chi connectivity index (χ0n) is 17.2. The Kier molecular flexibility index (Phi) is 15.0. The standard InChI is InChI=1S/C15H35B2N5O6/c1-16(24)20-11-6-12-21(17(2)25)13(7-4-9-19-10-5-8-18)14(22(26)27)15(23)28-3/h13-14,19-20,24-25H,4-12,18H2,1-3H3. The molecule has 6 N–H and O–H groups in total. The van der Waals surface area contributed by atoms with Gasteiger partial charge >= 0.3 is 26.1 Å². The highest BCUT2D eigenvalue weighted by molar-refractivity contribution is 6.45. The van der Waals surface area contributed by atoms with Crippen LogP contribution in [0.5, 0.6) is 0 Å². The summed E-state index contributed by atoms with van der Waals surface area (Å²) in [6.45, 7) is 5.86. The number of carbonyl (C=O) groups excluding carboxylic acids is 1. The van der Waals surface area contributed by atoms with Gasteiger partial charge < -0.3 is 35.9 Å². The normalized spacial score (nSPS) is 13.2. The van der Waals surface area contributed by atoms with Gasteiger partial charge in [0.2, 0.25) is 0 Å². The first-order chi connectivity index (χ1) is 13.3. The number of nitro groups is 1. The molecular formula is C15H35B2N5O6. The lowest BCUT2D eigenvalue weighted by molar-refractivity contribution is -0.517. The van der Waals surface area contributed by atoms with Gasteiger partial charge in [-0.2, -0.15) is 0 Å². The molecular weight excluding hydrogens is 368 g/mol. The van der Waals surface area contributed by atoms with Gasteiger partial charge in [0.1, 0.15) is 0 Å². The molecule has 0 aliphatic carbocycles. The predicted octanol–water partition coefficient (Wildman–Crippen LogP) is -1.61. The Labute approximate surface area is 167 Å². The average Bonchev–Trinajstić information content (AvgIpc) is 2.62.